The van der Waals surface area contributed by atoms with Crippen LogP contribution in [0.4, 0.5) is 8.78 Å². The Balaban J connectivity index is 1.91. The summed E-state index contributed by atoms with van der Waals surface area (Å²) in [6, 6.07) is 9.26. The first kappa shape index (κ1) is 16.2. The van der Waals surface area contributed by atoms with Gasteiger partial charge in [0.05, 0.1) is 6.04 Å². The summed E-state index contributed by atoms with van der Waals surface area (Å²) in [5.41, 5.74) is 0.206. The number of hydrogen-bond acceptors (Lipinski definition) is 2. The SMILES string of the molecule is C[C@@H](NC(=O)COc1cccc(Cl)c1)c1ccc(F)cc1F. The third kappa shape index (κ3) is 4.43. The molecule has 0 unspecified atom stereocenters. The van der Waals surface area contributed by atoms with Gasteiger partial charge in [0.2, 0.25) is 0 Å². The van der Waals surface area contributed by atoms with Crippen molar-refractivity contribution in [2.75, 3.05) is 6.61 Å². The molecule has 22 heavy (non-hydrogen) atoms. The van der Waals surface area contributed by atoms with Crippen LogP contribution in [0.1, 0.15) is 18.5 Å². The highest BCUT2D eigenvalue weighted by Crippen LogP contribution is 2.18. The van der Waals surface area contributed by atoms with Crippen molar-refractivity contribution in [3.8, 4) is 5.75 Å². The fraction of sp³-hybridized carbons (Fsp3) is 0.188. The van der Waals surface area contributed by atoms with Crippen LogP contribution in [-0.4, -0.2) is 12.5 Å². The molecule has 0 spiro atoms. The summed E-state index contributed by atoms with van der Waals surface area (Å²) in [6.07, 6.45) is 0. The van der Waals surface area contributed by atoms with Gasteiger partial charge in [-0.1, -0.05) is 23.7 Å². The molecule has 0 saturated carbocycles. The molecule has 2 aromatic carbocycles. The van der Waals surface area contributed by atoms with E-state index in [1.54, 1.807) is 31.2 Å². The Morgan fingerprint density at radius 1 is 1.27 bits per heavy atom. The molecule has 0 saturated heterocycles. The summed E-state index contributed by atoms with van der Waals surface area (Å²) in [4.78, 5) is 11.8. The first-order valence-electron chi connectivity index (χ1n) is 6.58. The Hall–Kier alpha value is -2.14. The van der Waals surface area contributed by atoms with Gasteiger partial charge in [-0.25, -0.2) is 8.78 Å². The van der Waals surface area contributed by atoms with Crippen LogP contribution in [0.25, 0.3) is 0 Å². The minimum absolute atomic E-state index is 0.206. The van der Waals surface area contributed by atoms with Gasteiger partial charge in [-0.15, -0.1) is 0 Å². The molecule has 0 aliphatic heterocycles. The Labute approximate surface area is 131 Å². The maximum atomic E-state index is 13.6. The molecule has 1 amide bonds. The number of amides is 1. The number of carbonyl (C=O) groups excluding carboxylic acids is 1. The van der Waals surface area contributed by atoms with Crippen molar-refractivity contribution in [1.29, 1.82) is 0 Å². The van der Waals surface area contributed by atoms with Crippen LogP contribution in [0.15, 0.2) is 42.5 Å². The van der Waals surface area contributed by atoms with Crippen molar-refractivity contribution in [2.24, 2.45) is 0 Å². The van der Waals surface area contributed by atoms with Gasteiger partial charge in [-0.05, 0) is 31.2 Å². The predicted octanol–water partition coefficient (Wildman–Crippen LogP) is 3.87. The van der Waals surface area contributed by atoms with Gasteiger partial charge in [0.1, 0.15) is 17.4 Å². The third-order valence-corrected chi connectivity index (χ3v) is 3.21. The van der Waals surface area contributed by atoms with Crippen molar-refractivity contribution >= 4 is 17.5 Å². The summed E-state index contributed by atoms with van der Waals surface area (Å²) >= 11 is 5.80. The maximum Gasteiger partial charge on any atom is 0.258 e. The molecule has 0 aliphatic rings. The predicted molar refractivity (Wildman–Crippen MR) is 79.9 cm³/mol. The molecule has 0 aliphatic carbocycles. The lowest BCUT2D eigenvalue weighted by Gasteiger charge is -2.15. The minimum Gasteiger partial charge on any atom is -0.484 e. The molecule has 2 aromatic rings. The van der Waals surface area contributed by atoms with Crippen molar-refractivity contribution in [3.63, 3.8) is 0 Å². The standard InChI is InChI=1S/C16H14ClF2NO2/c1-10(14-6-5-12(18)8-15(14)19)20-16(21)9-22-13-4-2-3-11(17)7-13/h2-8,10H,9H2,1H3,(H,20,21)/t10-/m1/s1. The van der Waals surface area contributed by atoms with Gasteiger partial charge in [-0.2, -0.15) is 0 Å². The molecule has 0 heterocycles. The Morgan fingerprint density at radius 2 is 2.05 bits per heavy atom. The van der Waals surface area contributed by atoms with Crippen LogP contribution in [0.5, 0.6) is 5.75 Å². The highest BCUT2D eigenvalue weighted by atomic mass is 35.5. The van der Waals surface area contributed by atoms with E-state index in [9.17, 15) is 13.6 Å². The largest absolute Gasteiger partial charge is 0.484 e. The van der Waals surface area contributed by atoms with Crippen LogP contribution in [0, 0.1) is 11.6 Å². The molecule has 1 atom stereocenters. The molecule has 116 valence electrons. The van der Waals surface area contributed by atoms with E-state index in [2.05, 4.69) is 5.32 Å². The second kappa shape index (κ2) is 7.22. The summed E-state index contributed by atoms with van der Waals surface area (Å²) in [7, 11) is 0. The second-order valence-electron chi connectivity index (χ2n) is 4.70. The average molecular weight is 326 g/mol. The molecule has 0 bridgehead atoms. The summed E-state index contributed by atoms with van der Waals surface area (Å²) in [5, 5.41) is 3.08. The van der Waals surface area contributed by atoms with Gasteiger partial charge in [0.15, 0.2) is 6.61 Å². The zero-order valence-corrected chi connectivity index (χ0v) is 12.5. The van der Waals surface area contributed by atoms with Crippen LogP contribution in [0.3, 0.4) is 0 Å². The summed E-state index contributed by atoms with van der Waals surface area (Å²) in [5.74, 6) is -1.33. The minimum atomic E-state index is -0.705. The fourth-order valence-corrected chi connectivity index (χ4v) is 2.10. The normalized spacial score (nSPS) is 11.8. The van der Waals surface area contributed by atoms with Crippen LogP contribution >= 0.6 is 11.6 Å². The second-order valence-corrected chi connectivity index (χ2v) is 5.14. The van der Waals surface area contributed by atoms with Gasteiger partial charge < -0.3 is 10.1 Å². The van der Waals surface area contributed by atoms with Crippen molar-refractivity contribution in [3.05, 3.63) is 64.7 Å². The molecular weight excluding hydrogens is 312 g/mol. The quantitative estimate of drug-likeness (QED) is 0.906. The topological polar surface area (TPSA) is 38.3 Å². The smallest absolute Gasteiger partial charge is 0.258 e. The maximum absolute atomic E-state index is 13.6. The van der Waals surface area contributed by atoms with Crippen LogP contribution < -0.4 is 10.1 Å². The van der Waals surface area contributed by atoms with Gasteiger partial charge in [0.25, 0.3) is 5.91 Å². The molecule has 0 aromatic heterocycles. The Kier molecular flexibility index (Phi) is 5.33. The lowest BCUT2D eigenvalue weighted by molar-refractivity contribution is -0.123. The van der Waals surface area contributed by atoms with E-state index in [4.69, 9.17) is 16.3 Å². The van der Waals surface area contributed by atoms with Crippen molar-refractivity contribution in [2.45, 2.75) is 13.0 Å². The van der Waals surface area contributed by atoms with E-state index in [0.717, 1.165) is 12.1 Å². The lowest BCUT2D eigenvalue weighted by atomic mass is 10.1. The van der Waals surface area contributed by atoms with E-state index >= 15 is 0 Å². The summed E-state index contributed by atoms with van der Waals surface area (Å²) < 4.78 is 31.8. The number of rotatable bonds is 5. The van der Waals surface area contributed by atoms with Crippen LogP contribution in [0.2, 0.25) is 5.02 Å². The number of hydrogen-bond donors (Lipinski definition) is 1. The zero-order valence-electron chi connectivity index (χ0n) is 11.8. The fourth-order valence-electron chi connectivity index (χ4n) is 1.92. The number of halogens is 3. The van der Waals surface area contributed by atoms with Crippen molar-refractivity contribution in [1.82, 2.24) is 5.32 Å². The summed E-state index contributed by atoms with van der Waals surface area (Å²) in [6.45, 7) is 1.38. The lowest BCUT2D eigenvalue weighted by Crippen LogP contribution is -2.31. The molecule has 0 fully saturated rings. The highest BCUT2D eigenvalue weighted by Gasteiger charge is 2.14. The average Bonchev–Trinajstić information content (AvgIpc) is 2.45. The molecule has 0 radical (unpaired) electrons. The van der Waals surface area contributed by atoms with E-state index in [1.807, 2.05) is 0 Å². The molecule has 1 N–H and O–H groups in total. The molecular formula is C16H14ClF2NO2. The van der Waals surface area contributed by atoms with Gasteiger partial charge >= 0.3 is 0 Å². The molecule has 6 heteroatoms. The van der Waals surface area contributed by atoms with Crippen molar-refractivity contribution < 1.29 is 18.3 Å². The Morgan fingerprint density at radius 3 is 2.73 bits per heavy atom. The number of ether oxygens (including phenoxy) is 1. The van der Waals surface area contributed by atoms with Crippen LogP contribution in [-0.2, 0) is 4.79 Å². The first-order valence-corrected chi connectivity index (χ1v) is 6.96. The number of carbonyl (C=O) groups is 1. The monoisotopic (exact) mass is 325 g/mol. The third-order valence-electron chi connectivity index (χ3n) is 2.97. The number of benzene rings is 2. The molecule has 3 nitrogen and oxygen atoms in total. The highest BCUT2D eigenvalue weighted by molar-refractivity contribution is 6.30. The van der Waals surface area contributed by atoms with Gasteiger partial charge in [0, 0.05) is 16.7 Å². The van der Waals surface area contributed by atoms with Gasteiger partial charge in [-0.3, -0.25) is 4.79 Å². The van der Waals surface area contributed by atoms with E-state index < -0.39 is 23.6 Å². The van der Waals surface area contributed by atoms with E-state index in [1.165, 1.54) is 6.07 Å². The Bertz CT molecular complexity index is 679. The zero-order chi connectivity index (χ0) is 16.1. The van der Waals surface area contributed by atoms with E-state index in [0.29, 0.717) is 10.8 Å². The molecule has 2 rings (SSSR count). The van der Waals surface area contributed by atoms with E-state index in [-0.39, 0.29) is 12.2 Å². The number of nitrogens with one attached hydrogen (secondary N) is 1. The first-order chi connectivity index (χ1) is 10.5.